The molecule has 2 rings (SSSR count). The van der Waals surface area contributed by atoms with Gasteiger partial charge in [-0.2, -0.15) is 0 Å². The fourth-order valence-electron chi connectivity index (χ4n) is 1.88. The first kappa shape index (κ1) is 9.01. The van der Waals surface area contributed by atoms with Crippen molar-refractivity contribution in [1.29, 1.82) is 0 Å². The van der Waals surface area contributed by atoms with E-state index in [1.54, 1.807) is 0 Å². The molecule has 68 valence electrons. The third-order valence-corrected chi connectivity index (χ3v) is 3.26. The Morgan fingerprint density at radius 1 is 1.38 bits per heavy atom. The SMILES string of the molecule is CCCc1c(Br)ccc2c1C=CC2. The van der Waals surface area contributed by atoms with Crippen molar-refractivity contribution in [2.24, 2.45) is 0 Å². The van der Waals surface area contributed by atoms with Crippen LogP contribution >= 0.6 is 15.9 Å². The molecule has 0 amide bonds. The minimum Gasteiger partial charge on any atom is -0.0795 e. The molecule has 0 spiro atoms. The van der Waals surface area contributed by atoms with E-state index in [2.05, 4.69) is 47.1 Å². The van der Waals surface area contributed by atoms with Gasteiger partial charge in [0, 0.05) is 4.47 Å². The molecule has 0 fully saturated rings. The second-order valence-corrected chi connectivity index (χ2v) is 4.31. The van der Waals surface area contributed by atoms with Crippen LogP contribution in [0.25, 0.3) is 6.08 Å². The average molecular weight is 237 g/mol. The summed E-state index contributed by atoms with van der Waals surface area (Å²) < 4.78 is 1.26. The minimum atomic E-state index is 1.11. The van der Waals surface area contributed by atoms with Crippen molar-refractivity contribution in [3.63, 3.8) is 0 Å². The van der Waals surface area contributed by atoms with Gasteiger partial charge in [0.2, 0.25) is 0 Å². The molecule has 0 unspecified atom stereocenters. The van der Waals surface area contributed by atoms with Crippen molar-refractivity contribution in [1.82, 2.24) is 0 Å². The highest BCUT2D eigenvalue weighted by Crippen LogP contribution is 2.30. The van der Waals surface area contributed by atoms with Crippen LogP contribution in [-0.2, 0) is 12.8 Å². The Hall–Kier alpha value is -0.560. The second kappa shape index (κ2) is 3.67. The quantitative estimate of drug-likeness (QED) is 0.730. The van der Waals surface area contributed by atoms with E-state index < -0.39 is 0 Å². The lowest BCUT2D eigenvalue weighted by Crippen LogP contribution is -1.92. The first-order chi connectivity index (χ1) is 6.33. The van der Waals surface area contributed by atoms with E-state index in [4.69, 9.17) is 0 Å². The lowest BCUT2D eigenvalue weighted by molar-refractivity contribution is 0.912. The van der Waals surface area contributed by atoms with E-state index in [0.717, 1.165) is 6.42 Å². The summed E-state index contributed by atoms with van der Waals surface area (Å²) in [5.74, 6) is 0. The molecular formula is C12H13Br. The number of allylic oxidation sites excluding steroid dienone is 1. The minimum absolute atomic E-state index is 1.11. The second-order valence-electron chi connectivity index (χ2n) is 3.46. The molecule has 13 heavy (non-hydrogen) atoms. The predicted molar refractivity (Wildman–Crippen MR) is 60.9 cm³/mol. The molecule has 0 nitrogen and oxygen atoms in total. The third-order valence-electron chi connectivity index (χ3n) is 2.51. The maximum Gasteiger partial charge on any atom is 0.0213 e. The van der Waals surface area contributed by atoms with Crippen LogP contribution in [0.15, 0.2) is 22.7 Å². The van der Waals surface area contributed by atoms with Gasteiger partial charge < -0.3 is 0 Å². The van der Waals surface area contributed by atoms with Gasteiger partial charge in [0.25, 0.3) is 0 Å². The van der Waals surface area contributed by atoms with Crippen molar-refractivity contribution < 1.29 is 0 Å². The number of rotatable bonds is 2. The summed E-state index contributed by atoms with van der Waals surface area (Å²) in [7, 11) is 0. The zero-order valence-electron chi connectivity index (χ0n) is 7.81. The molecule has 1 aliphatic rings. The molecule has 0 heterocycles. The summed E-state index contributed by atoms with van der Waals surface area (Å²) in [5, 5.41) is 0. The van der Waals surface area contributed by atoms with Gasteiger partial charge in [-0.05, 0) is 35.6 Å². The third kappa shape index (κ3) is 1.58. The summed E-state index contributed by atoms with van der Waals surface area (Å²) in [4.78, 5) is 0. The van der Waals surface area contributed by atoms with Gasteiger partial charge in [-0.25, -0.2) is 0 Å². The molecule has 0 aliphatic heterocycles. The fourth-order valence-corrected chi connectivity index (χ4v) is 2.42. The van der Waals surface area contributed by atoms with E-state index in [-0.39, 0.29) is 0 Å². The fraction of sp³-hybridized carbons (Fsp3) is 0.333. The molecule has 0 bridgehead atoms. The largest absolute Gasteiger partial charge is 0.0795 e. The maximum atomic E-state index is 3.62. The van der Waals surface area contributed by atoms with Gasteiger partial charge in [-0.1, -0.05) is 47.5 Å². The lowest BCUT2D eigenvalue weighted by Gasteiger charge is -2.08. The van der Waals surface area contributed by atoms with E-state index in [1.165, 1.54) is 34.0 Å². The number of halogens is 1. The Bertz CT molecular complexity index is 350. The summed E-state index contributed by atoms with van der Waals surface area (Å²) >= 11 is 3.62. The summed E-state index contributed by atoms with van der Waals surface area (Å²) in [6.07, 6.45) is 8.00. The first-order valence-electron chi connectivity index (χ1n) is 4.79. The Kier molecular flexibility index (Phi) is 2.54. The zero-order chi connectivity index (χ0) is 9.26. The van der Waals surface area contributed by atoms with Crippen LogP contribution in [0, 0.1) is 0 Å². The highest BCUT2D eigenvalue weighted by Gasteiger charge is 2.11. The summed E-state index contributed by atoms with van der Waals surface area (Å²) in [5.41, 5.74) is 4.41. The van der Waals surface area contributed by atoms with Crippen LogP contribution in [0.2, 0.25) is 0 Å². The lowest BCUT2D eigenvalue weighted by atomic mass is 10.0. The summed E-state index contributed by atoms with van der Waals surface area (Å²) in [6, 6.07) is 4.40. The summed E-state index contributed by atoms with van der Waals surface area (Å²) in [6.45, 7) is 2.23. The van der Waals surface area contributed by atoms with Gasteiger partial charge in [0.15, 0.2) is 0 Å². The molecule has 0 saturated heterocycles. The molecular weight excluding hydrogens is 224 g/mol. The highest BCUT2D eigenvalue weighted by molar-refractivity contribution is 9.10. The maximum absolute atomic E-state index is 3.62. The number of fused-ring (bicyclic) bond motifs is 1. The Balaban J connectivity index is 2.51. The average Bonchev–Trinajstić information content (AvgIpc) is 2.58. The first-order valence-corrected chi connectivity index (χ1v) is 5.59. The zero-order valence-corrected chi connectivity index (χ0v) is 9.39. The van der Waals surface area contributed by atoms with E-state index >= 15 is 0 Å². The van der Waals surface area contributed by atoms with E-state index in [9.17, 15) is 0 Å². The topological polar surface area (TPSA) is 0 Å². The number of hydrogen-bond donors (Lipinski definition) is 0. The van der Waals surface area contributed by atoms with Gasteiger partial charge in [0.05, 0.1) is 0 Å². The van der Waals surface area contributed by atoms with Gasteiger partial charge in [-0.15, -0.1) is 0 Å². The van der Waals surface area contributed by atoms with Crippen LogP contribution < -0.4 is 0 Å². The standard InChI is InChI=1S/C12H13Br/c1-2-4-11-10-6-3-5-9(10)7-8-12(11)13/h3,6-8H,2,4-5H2,1H3. The molecule has 1 aromatic rings. The normalized spacial score (nSPS) is 13.4. The molecule has 1 heteroatoms. The van der Waals surface area contributed by atoms with Crippen molar-refractivity contribution in [2.45, 2.75) is 26.2 Å². The van der Waals surface area contributed by atoms with E-state index in [0.29, 0.717) is 0 Å². The van der Waals surface area contributed by atoms with Crippen molar-refractivity contribution in [3.05, 3.63) is 39.4 Å². The van der Waals surface area contributed by atoms with Gasteiger partial charge in [-0.3, -0.25) is 0 Å². The number of hydrogen-bond acceptors (Lipinski definition) is 0. The van der Waals surface area contributed by atoms with Crippen LogP contribution in [0.1, 0.15) is 30.0 Å². The molecule has 0 saturated carbocycles. The van der Waals surface area contributed by atoms with Crippen LogP contribution in [0.4, 0.5) is 0 Å². The molecule has 1 aromatic carbocycles. The molecule has 1 aliphatic carbocycles. The van der Waals surface area contributed by atoms with E-state index in [1.807, 2.05) is 0 Å². The van der Waals surface area contributed by atoms with Gasteiger partial charge in [0.1, 0.15) is 0 Å². The Morgan fingerprint density at radius 3 is 3.00 bits per heavy atom. The Morgan fingerprint density at radius 2 is 2.23 bits per heavy atom. The highest BCUT2D eigenvalue weighted by atomic mass is 79.9. The predicted octanol–water partition coefficient (Wildman–Crippen LogP) is 3.97. The smallest absolute Gasteiger partial charge is 0.0213 e. The molecule has 0 atom stereocenters. The molecule has 0 radical (unpaired) electrons. The molecule has 0 N–H and O–H groups in total. The van der Waals surface area contributed by atoms with Gasteiger partial charge >= 0.3 is 0 Å². The monoisotopic (exact) mass is 236 g/mol. The van der Waals surface area contributed by atoms with Crippen molar-refractivity contribution >= 4 is 22.0 Å². The van der Waals surface area contributed by atoms with Crippen LogP contribution in [0.3, 0.4) is 0 Å². The number of benzene rings is 1. The molecule has 0 aromatic heterocycles. The van der Waals surface area contributed by atoms with Crippen LogP contribution in [0.5, 0.6) is 0 Å². The Labute approximate surface area is 87.8 Å². The van der Waals surface area contributed by atoms with Crippen molar-refractivity contribution in [3.8, 4) is 0 Å². The van der Waals surface area contributed by atoms with Crippen LogP contribution in [-0.4, -0.2) is 0 Å². The van der Waals surface area contributed by atoms with Crippen molar-refractivity contribution in [2.75, 3.05) is 0 Å².